The van der Waals surface area contributed by atoms with Gasteiger partial charge in [0.1, 0.15) is 0 Å². The van der Waals surface area contributed by atoms with Crippen LogP contribution in [0.4, 0.5) is 4.79 Å². The number of nitrogens with zero attached hydrogens (tertiary/aromatic N) is 2. The van der Waals surface area contributed by atoms with Gasteiger partial charge in [0.15, 0.2) is 5.01 Å². The van der Waals surface area contributed by atoms with Crippen molar-refractivity contribution in [1.82, 2.24) is 15.2 Å². The topological polar surface area (TPSA) is 71.5 Å². The molecule has 0 unspecified atom stereocenters. The number of thiazole rings is 1. The molecular formula is C16H19N3O3S. The van der Waals surface area contributed by atoms with Gasteiger partial charge in [0, 0.05) is 19.6 Å². The van der Waals surface area contributed by atoms with Crippen LogP contribution in [0, 0.1) is 5.92 Å². The number of hydrogen-bond donors (Lipinski definition) is 1. The number of carbonyl (C=O) groups excluding carboxylic acids is 2. The molecule has 0 saturated carbocycles. The molecule has 0 bridgehead atoms. The lowest BCUT2D eigenvalue weighted by Gasteiger charge is -2.30. The molecule has 0 radical (unpaired) electrons. The molecule has 2 aromatic rings. The molecule has 2 heterocycles. The Balaban J connectivity index is 1.51. The van der Waals surface area contributed by atoms with Crippen LogP contribution in [-0.2, 0) is 4.74 Å². The Morgan fingerprint density at radius 2 is 2.09 bits per heavy atom. The van der Waals surface area contributed by atoms with E-state index in [4.69, 9.17) is 4.74 Å². The van der Waals surface area contributed by atoms with E-state index < -0.39 is 0 Å². The second kappa shape index (κ2) is 6.95. The minimum atomic E-state index is -0.276. The van der Waals surface area contributed by atoms with E-state index in [1.807, 2.05) is 24.3 Å². The Bertz CT molecular complexity index is 674. The highest BCUT2D eigenvalue weighted by atomic mass is 32.1. The number of piperidine rings is 1. The van der Waals surface area contributed by atoms with Crippen LogP contribution in [0.5, 0.6) is 0 Å². The van der Waals surface area contributed by atoms with Gasteiger partial charge in [0.05, 0.1) is 17.3 Å². The van der Waals surface area contributed by atoms with Gasteiger partial charge in [-0.05, 0) is 30.9 Å². The van der Waals surface area contributed by atoms with E-state index in [9.17, 15) is 9.59 Å². The van der Waals surface area contributed by atoms with Gasteiger partial charge < -0.3 is 15.0 Å². The highest BCUT2D eigenvalue weighted by molar-refractivity contribution is 7.20. The molecule has 0 aliphatic carbocycles. The first-order valence-electron chi connectivity index (χ1n) is 7.64. The fourth-order valence-electron chi connectivity index (χ4n) is 2.73. The summed E-state index contributed by atoms with van der Waals surface area (Å²) >= 11 is 1.41. The van der Waals surface area contributed by atoms with Crippen LogP contribution in [0.2, 0.25) is 0 Å². The van der Waals surface area contributed by atoms with E-state index in [-0.39, 0.29) is 12.0 Å². The third-order valence-corrected chi connectivity index (χ3v) is 5.12. The number of rotatable bonds is 3. The summed E-state index contributed by atoms with van der Waals surface area (Å²) in [5.74, 6) is 0.260. The van der Waals surface area contributed by atoms with E-state index >= 15 is 0 Å². The lowest BCUT2D eigenvalue weighted by molar-refractivity contribution is 0.0914. The van der Waals surface area contributed by atoms with Crippen molar-refractivity contribution in [2.75, 3.05) is 26.7 Å². The van der Waals surface area contributed by atoms with Gasteiger partial charge in [-0.1, -0.05) is 12.1 Å². The molecule has 1 aromatic carbocycles. The van der Waals surface area contributed by atoms with Crippen LogP contribution in [0.15, 0.2) is 24.3 Å². The number of fused-ring (bicyclic) bond motifs is 1. The number of likely N-dealkylation sites (tertiary alicyclic amines) is 1. The first kappa shape index (κ1) is 15.7. The molecule has 1 saturated heterocycles. The lowest BCUT2D eigenvalue weighted by Crippen LogP contribution is -2.41. The predicted molar refractivity (Wildman–Crippen MR) is 88.7 cm³/mol. The summed E-state index contributed by atoms with van der Waals surface area (Å²) < 4.78 is 5.74. The van der Waals surface area contributed by atoms with Crippen molar-refractivity contribution in [2.45, 2.75) is 12.8 Å². The van der Waals surface area contributed by atoms with Gasteiger partial charge in [0.25, 0.3) is 5.91 Å². The fourth-order valence-corrected chi connectivity index (χ4v) is 3.61. The van der Waals surface area contributed by atoms with Crippen LogP contribution in [0.3, 0.4) is 0 Å². The Morgan fingerprint density at radius 1 is 1.35 bits per heavy atom. The second-order valence-electron chi connectivity index (χ2n) is 5.60. The largest absolute Gasteiger partial charge is 0.453 e. The molecular weight excluding hydrogens is 314 g/mol. The lowest BCUT2D eigenvalue weighted by atomic mass is 9.97. The Kier molecular flexibility index (Phi) is 4.76. The van der Waals surface area contributed by atoms with Crippen LogP contribution in [0.25, 0.3) is 10.2 Å². The van der Waals surface area contributed by atoms with Crippen molar-refractivity contribution in [3.8, 4) is 0 Å². The Labute approximate surface area is 138 Å². The molecule has 0 spiro atoms. The number of para-hydroxylation sites is 1. The number of aromatic nitrogens is 1. The van der Waals surface area contributed by atoms with Crippen molar-refractivity contribution in [1.29, 1.82) is 0 Å². The average molecular weight is 333 g/mol. The Morgan fingerprint density at radius 3 is 2.78 bits per heavy atom. The number of carbonyl (C=O) groups is 2. The maximum absolute atomic E-state index is 12.2. The molecule has 1 N–H and O–H groups in total. The second-order valence-corrected chi connectivity index (χ2v) is 6.63. The van der Waals surface area contributed by atoms with Gasteiger partial charge >= 0.3 is 6.09 Å². The van der Waals surface area contributed by atoms with Crippen LogP contribution in [-0.4, -0.2) is 48.6 Å². The summed E-state index contributed by atoms with van der Waals surface area (Å²) in [5.41, 5.74) is 0.856. The summed E-state index contributed by atoms with van der Waals surface area (Å²) in [6, 6.07) is 7.73. The minimum absolute atomic E-state index is 0.124. The zero-order chi connectivity index (χ0) is 16.2. The van der Waals surface area contributed by atoms with Crippen LogP contribution < -0.4 is 5.32 Å². The van der Waals surface area contributed by atoms with E-state index in [2.05, 4.69) is 10.3 Å². The Hall–Kier alpha value is -2.15. The van der Waals surface area contributed by atoms with Gasteiger partial charge in [-0.25, -0.2) is 9.78 Å². The third kappa shape index (κ3) is 3.61. The van der Waals surface area contributed by atoms with Crippen molar-refractivity contribution >= 4 is 33.6 Å². The SMILES string of the molecule is COC(=O)N1CCC(CNC(=O)c2nc3ccccc3s2)CC1. The fraction of sp³-hybridized carbons (Fsp3) is 0.438. The molecule has 23 heavy (non-hydrogen) atoms. The number of amides is 2. The van der Waals surface area contributed by atoms with Crippen LogP contribution in [0.1, 0.15) is 22.6 Å². The molecule has 1 fully saturated rings. The molecule has 122 valence electrons. The van der Waals surface area contributed by atoms with Crippen molar-refractivity contribution in [2.24, 2.45) is 5.92 Å². The summed E-state index contributed by atoms with van der Waals surface area (Å²) in [7, 11) is 1.40. The monoisotopic (exact) mass is 333 g/mol. The van der Waals surface area contributed by atoms with Crippen molar-refractivity contribution < 1.29 is 14.3 Å². The number of ether oxygens (including phenoxy) is 1. The first-order valence-corrected chi connectivity index (χ1v) is 8.45. The molecule has 1 aliphatic rings. The number of nitrogens with one attached hydrogen (secondary N) is 1. The maximum atomic E-state index is 12.2. The van der Waals surface area contributed by atoms with E-state index in [1.165, 1.54) is 18.4 Å². The molecule has 7 heteroatoms. The zero-order valence-corrected chi connectivity index (χ0v) is 13.8. The van der Waals surface area contributed by atoms with E-state index in [0.717, 1.165) is 23.1 Å². The van der Waals surface area contributed by atoms with Gasteiger partial charge in [0.2, 0.25) is 0 Å². The average Bonchev–Trinajstić information content (AvgIpc) is 3.03. The van der Waals surface area contributed by atoms with Gasteiger partial charge in [-0.3, -0.25) is 4.79 Å². The summed E-state index contributed by atoms with van der Waals surface area (Å²) in [6.07, 6.45) is 1.46. The molecule has 3 rings (SSSR count). The van der Waals surface area contributed by atoms with E-state index in [1.54, 1.807) is 4.90 Å². The van der Waals surface area contributed by atoms with Gasteiger partial charge in [-0.15, -0.1) is 11.3 Å². The highest BCUT2D eigenvalue weighted by Crippen LogP contribution is 2.22. The molecule has 1 aromatic heterocycles. The van der Waals surface area contributed by atoms with Crippen molar-refractivity contribution in [3.05, 3.63) is 29.3 Å². The summed E-state index contributed by atoms with van der Waals surface area (Å²) in [5, 5.41) is 3.46. The molecule has 2 amide bonds. The van der Waals surface area contributed by atoms with E-state index in [0.29, 0.717) is 30.6 Å². The first-order chi connectivity index (χ1) is 11.2. The highest BCUT2D eigenvalue weighted by Gasteiger charge is 2.23. The third-order valence-electron chi connectivity index (χ3n) is 4.09. The van der Waals surface area contributed by atoms with Crippen LogP contribution >= 0.6 is 11.3 Å². The maximum Gasteiger partial charge on any atom is 0.409 e. The molecule has 1 aliphatic heterocycles. The normalized spacial score (nSPS) is 15.6. The summed E-state index contributed by atoms with van der Waals surface area (Å²) in [4.78, 5) is 29.7. The van der Waals surface area contributed by atoms with Gasteiger partial charge in [-0.2, -0.15) is 0 Å². The van der Waals surface area contributed by atoms with Crippen molar-refractivity contribution in [3.63, 3.8) is 0 Å². The standard InChI is InChI=1S/C16H19N3O3S/c1-22-16(21)19-8-6-11(7-9-19)10-17-14(20)15-18-12-4-2-3-5-13(12)23-15/h2-5,11H,6-10H2,1H3,(H,17,20). The zero-order valence-electron chi connectivity index (χ0n) is 12.9. The predicted octanol–water partition coefficient (Wildman–Crippen LogP) is 2.50. The number of methoxy groups -OCH3 is 1. The number of hydrogen-bond acceptors (Lipinski definition) is 5. The molecule has 0 atom stereocenters. The smallest absolute Gasteiger partial charge is 0.409 e. The quantitative estimate of drug-likeness (QED) is 0.937. The number of benzene rings is 1. The minimum Gasteiger partial charge on any atom is -0.453 e. The summed E-state index contributed by atoms with van der Waals surface area (Å²) in [6.45, 7) is 1.96. The molecule has 6 nitrogen and oxygen atoms in total.